The van der Waals surface area contributed by atoms with E-state index in [0.29, 0.717) is 12.8 Å². The lowest BCUT2D eigenvalue weighted by Gasteiger charge is -2.31. The second-order valence-electron chi connectivity index (χ2n) is 15.9. The Bertz CT molecular complexity index is 1400. The molecular formula is C53H84NO7+. The molecule has 0 rings (SSSR count). The van der Waals surface area contributed by atoms with Gasteiger partial charge in [-0.1, -0.05) is 148 Å². The number of allylic oxidation sites excluding steroid dienone is 20. The molecule has 0 radical (unpaired) electrons. The molecule has 0 aliphatic rings. The van der Waals surface area contributed by atoms with Crippen LogP contribution in [0.25, 0.3) is 0 Å². The van der Waals surface area contributed by atoms with Crippen LogP contribution in [0.4, 0.5) is 0 Å². The van der Waals surface area contributed by atoms with Gasteiger partial charge in [0.2, 0.25) is 0 Å². The lowest BCUT2D eigenvalue weighted by atomic mass is 10.1. The molecule has 342 valence electrons. The Morgan fingerprint density at radius 2 is 0.885 bits per heavy atom. The van der Waals surface area contributed by atoms with Crippen LogP contribution in [-0.4, -0.2) is 80.6 Å². The molecule has 8 heteroatoms. The second kappa shape index (κ2) is 42.4. The number of carbonyl (C=O) groups excluding carboxylic acids is 2. The zero-order chi connectivity index (χ0) is 44.9. The largest absolute Gasteiger partial charge is 0.477 e. The number of nitrogens with zero attached hydrogens (tertiary/aromatic N) is 1. The van der Waals surface area contributed by atoms with Gasteiger partial charge in [0.25, 0.3) is 0 Å². The number of likely N-dealkylation sites (N-methyl/N-ethyl adjacent to an activating group) is 1. The van der Waals surface area contributed by atoms with Crippen molar-refractivity contribution in [2.75, 3.05) is 41.0 Å². The molecule has 0 fully saturated rings. The molecule has 0 bridgehead atoms. The topological polar surface area (TPSA) is 99.1 Å². The van der Waals surface area contributed by atoms with Gasteiger partial charge in [0.1, 0.15) is 6.61 Å². The van der Waals surface area contributed by atoms with E-state index in [1.54, 1.807) is 0 Å². The number of carbonyl (C=O) groups is 3. The molecule has 0 aromatic carbocycles. The van der Waals surface area contributed by atoms with Gasteiger partial charge in [-0.25, -0.2) is 4.79 Å². The molecule has 0 saturated carbocycles. The van der Waals surface area contributed by atoms with Crippen LogP contribution in [0.2, 0.25) is 0 Å². The molecule has 0 aliphatic heterocycles. The van der Waals surface area contributed by atoms with Crippen LogP contribution in [0, 0.1) is 0 Å². The first-order chi connectivity index (χ1) is 29.6. The smallest absolute Gasteiger partial charge is 0.362 e. The van der Waals surface area contributed by atoms with Gasteiger partial charge >= 0.3 is 17.9 Å². The Kier molecular flexibility index (Phi) is 39.5. The fraction of sp³-hybridized carbons (Fsp3) is 0.566. The third-order valence-electron chi connectivity index (χ3n) is 9.36. The van der Waals surface area contributed by atoms with Crippen molar-refractivity contribution in [2.24, 2.45) is 0 Å². The Morgan fingerprint density at radius 1 is 0.492 bits per heavy atom. The molecule has 0 spiro atoms. The fourth-order valence-corrected chi connectivity index (χ4v) is 5.86. The van der Waals surface area contributed by atoms with E-state index >= 15 is 0 Å². The Balaban J connectivity index is 4.46. The number of hydrogen-bond acceptors (Lipinski definition) is 6. The monoisotopic (exact) mass is 847 g/mol. The minimum atomic E-state index is -0.893. The summed E-state index contributed by atoms with van der Waals surface area (Å²) >= 11 is 0. The van der Waals surface area contributed by atoms with Gasteiger partial charge in [0, 0.05) is 19.3 Å². The van der Waals surface area contributed by atoms with Crippen molar-refractivity contribution in [1.82, 2.24) is 0 Å². The maximum Gasteiger partial charge on any atom is 0.362 e. The molecule has 0 aromatic heterocycles. The molecule has 0 heterocycles. The second-order valence-corrected chi connectivity index (χ2v) is 15.9. The summed E-state index contributed by atoms with van der Waals surface area (Å²) in [6.45, 7) is 4.39. The summed E-state index contributed by atoms with van der Waals surface area (Å²) in [4.78, 5) is 37.0. The minimum Gasteiger partial charge on any atom is -0.477 e. The van der Waals surface area contributed by atoms with Gasteiger partial charge < -0.3 is 23.8 Å². The quantitative estimate of drug-likeness (QED) is 0.0285. The van der Waals surface area contributed by atoms with Crippen LogP contribution in [0.3, 0.4) is 0 Å². The Hall–Kier alpha value is -4.27. The van der Waals surface area contributed by atoms with Crippen LogP contribution >= 0.6 is 0 Å². The number of hydrogen-bond donors (Lipinski definition) is 1. The zero-order valence-electron chi connectivity index (χ0n) is 38.8. The number of carboxylic acid groups (broad SMARTS) is 1. The van der Waals surface area contributed by atoms with E-state index in [2.05, 4.69) is 135 Å². The lowest BCUT2D eigenvalue weighted by molar-refractivity contribution is -0.887. The number of quaternary nitrogens is 1. The summed E-state index contributed by atoms with van der Waals surface area (Å²) in [5, 5.41) is 9.63. The minimum absolute atomic E-state index is 0.0246. The molecule has 2 unspecified atom stereocenters. The Labute approximate surface area is 371 Å². The van der Waals surface area contributed by atoms with E-state index in [1.807, 2.05) is 21.1 Å². The molecule has 0 amide bonds. The van der Waals surface area contributed by atoms with Crippen LogP contribution in [0.1, 0.15) is 142 Å². The summed E-state index contributed by atoms with van der Waals surface area (Å²) in [7, 11) is 5.49. The summed E-state index contributed by atoms with van der Waals surface area (Å²) in [6, 6.07) is -0.635. The highest BCUT2D eigenvalue weighted by Gasteiger charge is 2.31. The first-order valence-electron chi connectivity index (χ1n) is 23.1. The average Bonchev–Trinajstić information content (AvgIpc) is 3.22. The fourth-order valence-electron chi connectivity index (χ4n) is 5.86. The summed E-state index contributed by atoms with van der Waals surface area (Å²) in [6.07, 6.45) is 59.7. The molecule has 8 nitrogen and oxygen atoms in total. The van der Waals surface area contributed by atoms with Crippen molar-refractivity contribution >= 4 is 17.9 Å². The van der Waals surface area contributed by atoms with Gasteiger partial charge in [-0.15, -0.1) is 0 Å². The number of carboxylic acids is 1. The number of rotatable bonds is 39. The maximum atomic E-state index is 12.7. The van der Waals surface area contributed by atoms with Crippen molar-refractivity contribution in [2.45, 2.75) is 154 Å². The van der Waals surface area contributed by atoms with Gasteiger partial charge in [0.15, 0.2) is 12.1 Å². The van der Waals surface area contributed by atoms with E-state index in [9.17, 15) is 19.5 Å². The van der Waals surface area contributed by atoms with Gasteiger partial charge in [-0.2, -0.15) is 0 Å². The SMILES string of the molecule is CC/C=C/C/C=C/C/C=C/C/C=C/C/C=C/C/C=C/C/C=C/CCCC(=O)OCC(COCCC(C(=O)O)[N+](C)(C)C)OC(=O)CCCCCC/C=C/C/C=C/C/C=C/CC. The molecular weight excluding hydrogens is 763 g/mol. The van der Waals surface area contributed by atoms with Crippen LogP contribution < -0.4 is 0 Å². The normalized spacial score (nSPS) is 14.0. The third kappa shape index (κ3) is 40.9. The number of aliphatic carboxylic acids is 1. The molecule has 1 N–H and O–H groups in total. The average molecular weight is 847 g/mol. The van der Waals surface area contributed by atoms with E-state index in [0.717, 1.165) is 103 Å². The lowest BCUT2D eigenvalue weighted by Crippen LogP contribution is -2.50. The number of esters is 2. The van der Waals surface area contributed by atoms with E-state index in [4.69, 9.17) is 14.2 Å². The molecule has 0 aromatic rings. The van der Waals surface area contributed by atoms with E-state index in [-0.39, 0.29) is 49.1 Å². The standard InChI is InChI=1S/C53H83NO7/c1-6-8-10-12-14-16-18-20-22-23-24-25-26-27-28-29-30-32-33-35-37-39-41-43-51(55)60-48-49(47-59-46-45-50(53(57)58)54(3,4)5)61-52(56)44-42-40-38-36-34-31-21-19-17-15-13-11-9-7-2/h8-11,14-17,20-22,24-25,27-28,30-32,35,37,49-50H,6-7,12-13,18-19,23,26,29,33-34,36,38-48H2,1-5H3/p+1/b10-8+,11-9+,16-14+,17-15+,22-20+,25-24+,28-27+,31-21+,32-30+,37-35+. The first kappa shape index (κ1) is 56.7. The first-order valence-corrected chi connectivity index (χ1v) is 23.1. The highest BCUT2D eigenvalue weighted by Crippen LogP contribution is 2.11. The Morgan fingerprint density at radius 3 is 1.31 bits per heavy atom. The predicted octanol–water partition coefficient (Wildman–Crippen LogP) is 13.0. The molecule has 0 aliphatic carbocycles. The molecule has 0 saturated heterocycles. The van der Waals surface area contributed by atoms with Crippen molar-refractivity contribution in [3.8, 4) is 0 Å². The number of ether oxygens (including phenoxy) is 3. The van der Waals surface area contributed by atoms with Crippen molar-refractivity contribution in [3.05, 3.63) is 122 Å². The van der Waals surface area contributed by atoms with Gasteiger partial charge in [-0.3, -0.25) is 9.59 Å². The van der Waals surface area contributed by atoms with Crippen LogP contribution in [0.15, 0.2) is 122 Å². The zero-order valence-corrected chi connectivity index (χ0v) is 38.8. The highest BCUT2D eigenvalue weighted by atomic mass is 16.6. The third-order valence-corrected chi connectivity index (χ3v) is 9.36. The van der Waals surface area contributed by atoms with Crippen molar-refractivity contribution < 1.29 is 38.2 Å². The molecule has 2 atom stereocenters. The molecule has 61 heavy (non-hydrogen) atoms. The van der Waals surface area contributed by atoms with Gasteiger partial charge in [0.05, 0.1) is 34.4 Å². The van der Waals surface area contributed by atoms with Crippen LogP contribution in [0.5, 0.6) is 0 Å². The highest BCUT2D eigenvalue weighted by molar-refractivity contribution is 5.72. The van der Waals surface area contributed by atoms with E-state index < -0.39 is 18.1 Å². The summed E-state index contributed by atoms with van der Waals surface area (Å²) in [5.41, 5.74) is 0. The van der Waals surface area contributed by atoms with E-state index in [1.165, 1.54) is 0 Å². The van der Waals surface area contributed by atoms with Crippen molar-refractivity contribution in [1.29, 1.82) is 0 Å². The summed E-state index contributed by atoms with van der Waals surface area (Å²) < 4.78 is 17.2. The number of unbranched alkanes of at least 4 members (excludes halogenated alkanes) is 5. The summed E-state index contributed by atoms with van der Waals surface area (Å²) in [5.74, 6) is -1.59. The maximum absolute atomic E-state index is 12.7. The van der Waals surface area contributed by atoms with Gasteiger partial charge in [-0.05, 0) is 96.3 Å². The predicted molar refractivity (Wildman–Crippen MR) is 256 cm³/mol. The van der Waals surface area contributed by atoms with Crippen LogP contribution in [-0.2, 0) is 28.6 Å². The van der Waals surface area contributed by atoms with Crippen molar-refractivity contribution in [3.63, 3.8) is 0 Å².